The molecule has 3 rings (SSSR count). The summed E-state index contributed by atoms with van der Waals surface area (Å²) in [6, 6.07) is 17.6. The number of fused-ring (bicyclic) bond motifs is 1. The van der Waals surface area contributed by atoms with Crippen LogP contribution in [0.3, 0.4) is 0 Å². The third-order valence-electron chi connectivity index (χ3n) is 5.30. The van der Waals surface area contributed by atoms with Gasteiger partial charge in [-0.1, -0.05) is 50.3 Å². The molecule has 5 heteroatoms. The predicted octanol–water partition coefficient (Wildman–Crippen LogP) is 4.49. The number of aromatic nitrogens is 1. The van der Waals surface area contributed by atoms with Crippen LogP contribution < -0.4 is 0 Å². The average Bonchev–Trinajstić information content (AvgIpc) is 3.16. The Morgan fingerprint density at radius 1 is 1.03 bits per heavy atom. The molecule has 0 radical (unpaired) electrons. The van der Waals surface area contributed by atoms with Gasteiger partial charge in [-0.3, -0.25) is 9.59 Å². The Kier molecular flexibility index (Phi) is 7.29. The molecule has 162 valence electrons. The third-order valence-corrected chi connectivity index (χ3v) is 5.30. The summed E-state index contributed by atoms with van der Waals surface area (Å²) >= 11 is 0. The molecule has 1 aromatic heterocycles. The standard InChI is InChI=1S/C26H31N3O2/c1-5-14-28(26(31)23-13-12-21-9-6-7-10-22(21)16-23)19-25(30)29(17-20(2)3)18-24-11-8-15-27(24)4/h5-13,15-16,20H,1,14,17-19H2,2-4H3. The molecule has 0 aliphatic rings. The summed E-state index contributed by atoms with van der Waals surface area (Å²) in [5, 5.41) is 2.08. The molecular formula is C26H31N3O2. The lowest BCUT2D eigenvalue weighted by molar-refractivity contribution is -0.133. The van der Waals surface area contributed by atoms with Crippen LogP contribution >= 0.6 is 0 Å². The molecule has 0 bridgehead atoms. The normalized spacial score (nSPS) is 11.0. The van der Waals surface area contributed by atoms with E-state index in [0.29, 0.717) is 31.1 Å². The number of hydrogen-bond acceptors (Lipinski definition) is 2. The van der Waals surface area contributed by atoms with Crippen LogP contribution in [-0.4, -0.2) is 45.8 Å². The number of benzene rings is 2. The van der Waals surface area contributed by atoms with Crippen molar-refractivity contribution in [2.24, 2.45) is 13.0 Å². The van der Waals surface area contributed by atoms with Crippen LogP contribution in [0.25, 0.3) is 10.8 Å². The first-order chi connectivity index (χ1) is 14.9. The van der Waals surface area contributed by atoms with Crippen LogP contribution in [-0.2, 0) is 18.4 Å². The molecule has 0 aliphatic carbocycles. The third kappa shape index (κ3) is 5.63. The van der Waals surface area contributed by atoms with Crippen LogP contribution in [0, 0.1) is 5.92 Å². The summed E-state index contributed by atoms with van der Waals surface area (Å²) in [7, 11) is 1.97. The highest BCUT2D eigenvalue weighted by Crippen LogP contribution is 2.17. The quantitative estimate of drug-likeness (QED) is 0.482. The van der Waals surface area contributed by atoms with Gasteiger partial charge >= 0.3 is 0 Å². The molecule has 3 aromatic rings. The molecule has 31 heavy (non-hydrogen) atoms. The minimum absolute atomic E-state index is 0.0226. The smallest absolute Gasteiger partial charge is 0.254 e. The Hall–Kier alpha value is -3.34. The van der Waals surface area contributed by atoms with Crippen LogP contribution in [0.4, 0.5) is 0 Å². The molecule has 0 atom stereocenters. The highest BCUT2D eigenvalue weighted by Gasteiger charge is 2.23. The van der Waals surface area contributed by atoms with Gasteiger partial charge in [-0.2, -0.15) is 0 Å². The lowest BCUT2D eigenvalue weighted by Gasteiger charge is -2.28. The summed E-state index contributed by atoms with van der Waals surface area (Å²) in [5.74, 6) is 0.0986. The highest BCUT2D eigenvalue weighted by atomic mass is 16.2. The molecule has 0 saturated heterocycles. The van der Waals surface area contributed by atoms with Gasteiger partial charge in [-0.05, 0) is 41.0 Å². The van der Waals surface area contributed by atoms with E-state index in [1.54, 1.807) is 11.0 Å². The molecule has 2 aromatic carbocycles. The second kappa shape index (κ2) is 10.1. The number of hydrogen-bond donors (Lipinski definition) is 0. The lowest BCUT2D eigenvalue weighted by atomic mass is 10.1. The maximum atomic E-state index is 13.2. The maximum absolute atomic E-state index is 13.2. The molecule has 0 fully saturated rings. The van der Waals surface area contributed by atoms with Gasteiger partial charge < -0.3 is 14.4 Å². The van der Waals surface area contributed by atoms with Crippen LogP contribution in [0.15, 0.2) is 73.4 Å². The van der Waals surface area contributed by atoms with Crippen molar-refractivity contribution in [2.75, 3.05) is 19.6 Å². The van der Waals surface area contributed by atoms with Crippen molar-refractivity contribution in [3.63, 3.8) is 0 Å². The fraction of sp³-hybridized carbons (Fsp3) is 0.308. The first-order valence-corrected chi connectivity index (χ1v) is 10.7. The van der Waals surface area contributed by atoms with E-state index in [-0.39, 0.29) is 18.4 Å². The van der Waals surface area contributed by atoms with E-state index in [9.17, 15) is 9.59 Å². The molecular weight excluding hydrogens is 386 g/mol. The summed E-state index contributed by atoms with van der Waals surface area (Å²) < 4.78 is 2.02. The predicted molar refractivity (Wildman–Crippen MR) is 126 cm³/mol. The van der Waals surface area contributed by atoms with E-state index in [1.807, 2.05) is 77.3 Å². The van der Waals surface area contributed by atoms with Crippen LogP contribution in [0.1, 0.15) is 29.9 Å². The second-order valence-corrected chi connectivity index (χ2v) is 8.31. The number of nitrogens with zero attached hydrogens (tertiary/aromatic N) is 3. The number of aryl methyl sites for hydroxylation is 1. The van der Waals surface area contributed by atoms with Crippen molar-refractivity contribution < 1.29 is 9.59 Å². The lowest BCUT2D eigenvalue weighted by Crippen LogP contribution is -2.44. The van der Waals surface area contributed by atoms with Crippen molar-refractivity contribution in [1.82, 2.24) is 14.4 Å². The average molecular weight is 418 g/mol. The van der Waals surface area contributed by atoms with E-state index in [2.05, 4.69) is 20.4 Å². The Labute approximate surface area is 184 Å². The van der Waals surface area contributed by atoms with Crippen molar-refractivity contribution in [1.29, 1.82) is 0 Å². The van der Waals surface area contributed by atoms with E-state index < -0.39 is 0 Å². The first-order valence-electron chi connectivity index (χ1n) is 10.7. The van der Waals surface area contributed by atoms with E-state index in [0.717, 1.165) is 16.5 Å². The maximum Gasteiger partial charge on any atom is 0.254 e. The summed E-state index contributed by atoms with van der Waals surface area (Å²) in [6.07, 6.45) is 3.64. The van der Waals surface area contributed by atoms with Gasteiger partial charge in [0.05, 0.1) is 6.54 Å². The zero-order valence-electron chi connectivity index (χ0n) is 18.6. The van der Waals surface area contributed by atoms with Crippen LogP contribution in [0.2, 0.25) is 0 Å². The van der Waals surface area contributed by atoms with Gasteiger partial charge in [0.25, 0.3) is 5.91 Å². The molecule has 0 unspecified atom stereocenters. The van der Waals surface area contributed by atoms with Crippen molar-refractivity contribution >= 4 is 22.6 Å². The number of carbonyl (C=O) groups is 2. The minimum atomic E-state index is -0.164. The van der Waals surface area contributed by atoms with E-state index in [4.69, 9.17) is 0 Å². The van der Waals surface area contributed by atoms with Gasteiger partial charge in [0, 0.05) is 37.6 Å². The largest absolute Gasteiger partial charge is 0.353 e. The number of rotatable bonds is 9. The molecule has 5 nitrogen and oxygen atoms in total. The fourth-order valence-electron chi connectivity index (χ4n) is 3.69. The van der Waals surface area contributed by atoms with Crippen LogP contribution in [0.5, 0.6) is 0 Å². The zero-order chi connectivity index (χ0) is 22.4. The molecule has 0 spiro atoms. The number of carbonyl (C=O) groups excluding carboxylic acids is 2. The first kappa shape index (κ1) is 22.3. The highest BCUT2D eigenvalue weighted by molar-refractivity contribution is 6.00. The van der Waals surface area contributed by atoms with Gasteiger partial charge in [0.15, 0.2) is 0 Å². The molecule has 2 amide bonds. The van der Waals surface area contributed by atoms with Gasteiger partial charge in [0.2, 0.25) is 5.91 Å². The van der Waals surface area contributed by atoms with E-state index >= 15 is 0 Å². The van der Waals surface area contributed by atoms with Crippen molar-refractivity contribution in [3.8, 4) is 0 Å². The van der Waals surface area contributed by atoms with Gasteiger partial charge in [0.1, 0.15) is 6.54 Å². The monoisotopic (exact) mass is 417 g/mol. The Bertz CT molecular complexity index is 1070. The zero-order valence-corrected chi connectivity index (χ0v) is 18.6. The Morgan fingerprint density at radius 3 is 2.42 bits per heavy atom. The van der Waals surface area contributed by atoms with Crippen molar-refractivity contribution in [3.05, 3.63) is 84.7 Å². The van der Waals surface area contributed by atoms with Gasteiger partial charge in [-0.15, -0.1) is 6.58 Å². The second-order valence-electron chi connectivity index (χ2n) is 8.31. The molecule has 0 saturated carbocycles. The minimum Gasteiger partial charge on any atom is -0.353 e. The topological polar surface area (TPSA) is 45.6 Å². The fourth-order valence-corrected chi connectivity index (χ4v) is 3.69. The van der Waals surface area contributed by atoms with Gasteiger partial charge in [-0.25, -0.2) is 0 Å². The molecule has 0 N–H and O–H groups in total. The summed E-state index contributed by atoms with van der Waals surface area (Å²) in [6.45, 7) is 9.45. The van der Waals surface area contributed by atoms with E-state index in [1.165, 1.54) is 0 Å². The summed E-state index contributed by atoms with van der Waals surface area (Å²) in [4.78, 5) is 29.9. The SMILES string of the molecule is C=CCN(CC(=O)N(Cc1cccn1C)CC(C)C)C(=O)c1ccc2ccccc2c1. The van der Waals surface area contributed by atoms with Crippen molar-refractivity contribution in [2.45, 2.75) is 20.4 Å². The molecule has 1 heterocycles. The Morgan fingerprint density at radius 2 is 1.77 bits per heavy atom. The summed E-state index contributed by atoms with van der Waals surface area (Å²) in [5.41, 5.74) is 1.64. The molecule has 0 aliphatic heterocycles. The Balaban J connectivity index is 1.79. The number of amides is 2.